The standard InChI is InChI=1S/C11H14N4O4/c12-5-10(16)14-7-11(17)13-6-8-3-1-2-4-9(8)15(18)19/h1-4H,5-7,12H2,(H,13,17)(H,14,16). The van der Waals surface area contributed by atoms with Crippen LogP contribution in [0.4, 0.5) is 5.69 Å². The summed E-state index contributed by atoms with van der Waals surface area (Å²) in [6.07, 6.45) is 0. The lowest BCUT2D eigenvalue weighted by atomic mass is 10.2. The SMILES string of the molecule is NCC(=O)NCC(=O)NCc1ccccc1[N+](=O)[O-]. The van der Waals surface area contributed by atoms with Crippen LogP contribution in [-0.2, 0) is 16.1 Å². The number of carbonyl (C=O) groups excluding carboxylic acids is 2. The molecular formula is C11H14N4O4. The maximum atomic E-state index is 11.4. The molecule has 2 amide bonds. The van der Waals surface area contributed by atoms with E-state index >= 15 is 0 Å². The number of nitro benzene ring substituents is 1. The fraction of sp³-hybridized carbons (Fsp3) is 0.273. The molecule has 0 fully saturated rings. The van der Waals surface area contributed by atoms with Crippen LogP contribution in [0.1, 0.15) is 5.56 Å². The molecule has 0 radical (unpaired) electrons. The van der Waals surface area contributed by atoms with Gasteiger partial charge in [-0.1, -0.05) is 18.2 Å². The first-order valence-electron chi connectivity index (χ1n) is 5.50. The van der Waals surface area contributed by atoms with Crippen molar-refractivity contribution in [3.8, 4) is 0 Å². The molecule has 0 aromatic heterocycles. The Labute approximate surface area is 109 Å². The molecule has 102 valence electrons. The van der Waals surface area contributed by atoms with Crippen molar-refractivity contribution in [2.45, 2.75) is 6.54 Å². The second kappa shape index (κ2) is 7.07. The predicted octanol–water partition coefficient (Wildman–Crippen LogP) is -0.714. The quantitative estimate of drug-likeness (QED) is 0.462. The molecule has 0 saturated carbocycles. The van der Waals surface area contributed by atoms with Crippen LogP contribution in [0, 0.1) is 10.1 Å². The Hall–Kier alpha value is -2.48. The number of hydrogen-bond acceptors (Lipinski definition) is 5. The van der Waals surface area contributed by atoms with Crippen molar-refractivity contribution in [1.82, 2.24) is 10.6 Å². The average Bonchev–Trinajstić information content (AvgIpc) is 2.42. The van der Waals surface area contributed by atoms with Crippen molar-refractivity contribution >= 4 is 17.5 Å². The average molecular weight is 266 g/mol. The van der Waals surface area contributed by atoms with Gasteiger partial charge in [0.2, 0.25) is 11.8 Å². The minimum atomic E-state index is -0.516. The molecule has 8 heteroatoms. The smallest absolute Gasteiger partial charge is 0.274 e. The molecule has 1 aromatic carbocycles. The van der Waals surface area contributed by atoms with E-state index in [0.29, 0.717) is 5.56 Å². The number of benzene rings is 1. The van der Waals surface area contributed by atoms with Crippen LogP contribution >= 0.6 is 0 Å². The summed E-state index contributed by atoms with van der Waals surface area (Å²) in [7, 11) is 0. The molecule has 0 spiro atoms. The van der Waals surface area contributed by atoms with Gasteiger partial charge >= 0.3 is 0 Å². The maximum absolute atomic E-state index is 11.4. The number of nitrogens with zero attached hydrogens (tertiary/aromatic N) is 1. The van der Waals surface area contributed by atoms with Crippen LogP contribution < -0.4 is 16.4 Å². The summed E-state index contributed by atoms with van der Waals surface area (Å²) in [5.74, 6) is -0.888. The predicted molar refractivity (Wildman–Crippen MR) is 67.0 cm³/mol. The Bertz CT molecular complexity index is 489. The summed E-state index contributed by atoms with van der Waals surface area (Å²) in [5, 5.41) is 15.5. The van der Waals surface area contributed by atoms with E-state index in [1.807, 2.05) is 0 Å². The van der Waals surface area contributed by atoms with Crippen LogP contribution in [0.25, 0.3) is 0 Å². The van der Waals surface area contributed by atoms with Gasteiger partial charge in [0.1, 0.15) is 0 Å². The summed E-state index contributed by atoms with van der Waals surface area (Å²) in [4.78, 5) is 32.4. The van der Waals surface area contributed by atoms with E-state index in [-0.39, 0.29) is 25.3 Å². The molecule has 8 nitrogen and oxygen atoms in total. The van der Waals surface area contributed by atoms with Gasteiger partial charge in [-0.3, -0.25) is 19.7 Å². The third-order valence-electron chi connectivity index (χ3n) is 2.30. The monoisotopic (exact) mass is 266 g/mol. The summed E-state index contributed by atoms with van der Waals surface area (Å²) in [5.41, 5.74) is 5.39. The normalized spacial score (nSPS) is 9.74. The molecule has 1 aromatic rings. The molecule has 0 unspecified atom stereocenters. The van der Waals surface area contributed by atoms with Gasteiger partial charge in [-0.05, 0) is 0 Å². The number of nitrogens with one attached hydrogen (secondary N) is 2. The Kier molecular flexibility index (Phi) is 5.42. The lowest BCUT2D eigenvalue weighted by molar-refractivity contribution is -0.385. The maximum Gasteiger partial charge on any atom is 0.274 e. The lowest BCUT2D eigenvalue weighted by Crippen LogP contribution is -2.39. The Morgan fingerprint density at radius 3 is 2.53 bits per heavy atom. The van der Waals surface area contributed by atoms with E-state index in [1.165, 1.54) is 6.07 Å². The van der Waals surface area contributed by atoms with Gasteiger partial charge in [0.15, 0.2) is 0 Å². The second-order valence-corrected chi connectivity index (χ2v) is 3.64. The zero-order valence-corrected chi connectivity index (χ0v) is 10.1. The third-order valence-corrected chi connectivity index (χ3v) is 2.30. The highest BCUT2D eigenvalue weighted by Gasteiger charge is 2.12. The zero-order valence-electron chi connectivity index (χ0n) is 10.1. The number of amides is 2. The summed E-state index contributed by atoms with van der Waals surface area (Å²) in [6, 6.07) is 6.10. The number of rotatable bonds is 6. The van der Waals surface area contributed by atoms with Crippen LogP contribution in [0.5, 0.6) is 0 Å². The molecule has 0 atom stereocenters. The van der Waals surface area contributed by atoms with E-state index in [0.717, 1.165) is 0 Å². The number of para-hydroxylation sites is 1. The van der Waals surface area contributed by atoms with Gasteiger partial charge < -0.3 is 16.4 Å². The summed E-state index contributed by atoms with van der Waals surface area (Å²) < 4.78 is 0. The molecule has 0 aliphatic carbocycles. The Balaban J connectivity index is 2.51. The third kappa shape index (κ3) is 4.72. The summed E-state index contributed by atoms with van der Waals surface area (Å²) >= 11 is 0. The van der Waals surface area contributed by atoms with Gasteiger partial charge in [0.05, 0.1) is 18.0 Å². The van der Waals surface area contributed by atoms with Crippen molar-refractivity contribution < 1.29 is 14.5 Å². The first-order chi connectivity index (χ1) is 9.04. The molecule has 4 N–H and O–H groups in total. The molecule has 0 bridgehead atoms. The first kappa shape index (κ1) is 14.6. The van der Waals surface area contributed by atoms with Crippen molar-refractivity contribution in [2.24, 2.45) is 5.73 Å². The Morgan fingerprint density at radius 2 is 1.89 bits per heavy atom. The zero-order chi connectivity index (χ0) is 14.3. The number of nitrogens with two attached hydrogens (primary N) is 1. The highest BCUT2D eigenvalue weighted by atomic mass is 16.6. The first-order valence-corrected chi connectivity index (χ1v) is 5.50. The van der Waals surface area contributed by atoms with Gasteiger partial charge in [-0.2, -0.15) is 0 Å². The van der Waals surface area contributed by atoms with Crippen molar-refractivity contribution in [2.75, 3.05) is 13.1 Å². The molecular weight excluding hydrogens is 252 g/mol. The van der Waals surface area contributed by atoms with E-state index in [9.17, 15) is 19.7 Å². The second-order valence-electron chi connectivity index (χ2n) is 3.64. The molecule has 1 rings (SSSR count). The van der Waals surface area contributed by atoms with Crippen LogP contribution in [0.15, 0.2) is 24.3 Å². The number of hydrogen-bond donors (Lipinski definition) is 3. The fourth-order valence-electron chi connectivity index (χ4n) is 1.35. The summed E-state index contributed by atoms with van der Waals surface area (Å²) in [6.45, 7) is -0.386. The van der Waals surface area contributed by atoms with E-state index in [1.54, 1.807) is 18.2 Å². The van der Waals surface area contributed by atoms with Gasteiger partial charge in [-0.15, -0.1) is 0 Å². The lowest BCUT2D eigenvalue weighted by Gasteiger charge is -2.06. The number of carbonyl (C=O) groups is 2. The van der Waals surface area contributed by atoms with Crippen LogP contribution in [-0.4, -0.2) is 29.8 Å². The highest BCUT2D eigenvalue weighted by molar-refractivity contribution is 5.85. The molecule has 0 heterocycles. The molecule has 0 saturated heterocycles. The van der Waals surface area contributed by atoms with Gasteiger partial charge in [0.25, 0.3) is 5.69 Å². The minimum Gasteiger partial charge on any atom is -0.350 e. The van der Waals surface area contributed by atoms with Crippen molar-refractivity contribution in [3.05, 3.63) is 39.9 Å². The Morgan fingerprint density at radius 1 is 1.21 bits per heavy atom. The van der Waals surface area contributed by atoms with E-state index < -0.39 is 16.7 Å². The van der Waals surface area contributed by atoms with Gasteiger partial charge in [0, 0.05) is 18.2 Å². The number of nitro groups is 1. The minimum absolute atomic E-state index is 0.0223. The molecule has 0 aliphatic heterocycles. The van der Waals surface area contributed by atoms with Crippen molar-refractivity contribution in [1.29, 1.82) is 0 Å². The highest BCUT2D eigenvalue weighted by Crippen LogP contribution is 2.16. The van der Waals surface area contributed by atoms with Crippen molar-refractivity contribution in [3.63, 3.8) is 0 Å². The van der Waals surface area contributed by atoms with E-state index in [4.69, 9.17) is 5.73 Å². The van der Waals surface area contributed by atoms with Gasteiger partial charge in [-0.25, -0.2) is 0 Å². The van der Waals surface area contributed by atoms with Crippen LogP contribution in [0.2, 0.25) is 0 Å². The fourth-order valence-corrected chi connectivity index (χ4v) is 1.35. The topological polar surface area (TPSA) is 127 Å². The molecule has 19 heavy (non-hydrogen) atoms. The van der Waals surface area contributed by atoms with Crippen LogP contribution in [0.3, 0.4) is 0 Å². The largest absolute Gasteiger partial charge is 0.350 e. The van der Waals surface area contributed by atoms with E-state index in [2.05, 4.69) is 10.6 Å². The molecule has 0 aliphatic rings.